The lowest BCUT2D eigenvalue weighted by atomic mass is 9.78. The molecule has 2 rings (SSSR count). The summed E-state index contributed by atoms with van der Waals surface area (Å²) in [5, 5.41) is 9.84. The van der Waals surface area contributed by atoms with Crippen LogP contribution in [0.5, 0.6) is 0 Å². The molecule has 2 unspecified atom stereocenters. The molecule has 0 aromatic heterocycles. The predicted molar refractivity (Wildman–Crippen MR) is 56.5 cm³/mol. The fourth-order valence-corrected chi connectivity index (χ4v) is 3.52. The third kappa shape index (κ3) is 2.02. The van der Waals surface area contributed by atoms with E-state index in [1.165, 1.54) is 44.3 Å². The van der Waals surface area contributed by atoms with Gasteiger partial charge in [-0.25, -0.2) is 0 Å². The molecule has 1 aliphatic heterocycles. The lowest BCUT2D eigenvalue weighted by Gasteiger charge is -2.35. The van der Waals surface area contributed by atoms with Crippen molar-refractivity contribution in [1.82, 2.24) is 0 Å². The molecule has 0 aromatic rings. The van der Waals surface area contributed by atoms with Crippen LogP contribution in [0.15, 0.2) is 0 Å². The molecule has 0 bridgehead atoms. The molecule has 0 aromatic carbocycles. The van der Waals surface area contributed by atoms with Gasteiger partial charge in [0.25, 0.3) is 0 Å². The Morgan fingerprint density at radius 2 is 1.85 bits per heavy atom. The monoisotopic (exact) mass is 195 g/mol. The van der Waals surface area contributed by atoms with Crippen LogP contribution in [0.25, 0.3) is 0 Å². The van der Waals surface area contributed by atoms with Gasteiger partial charge in [-0.3, -0.25) is 0 Å². The highest BCUT2D eigenvalue weighted by Gasteiger charge is 2.34. The van der Waals surface area contributed by atoms with Gasteiger partial charge in [-0.1, -0.05) is 19.3 Å². The Morgan fingerprint density at radius 1 is 1.15 bits per heavy atom. The van der Waals surface area contributed by atoms with Crippen molar-refractivity contribution in [1.29, 1.82) is 5.26 Å². The maximum absolute atomic E-state index is 9.15. The van der Waals surface area contributed by atoms with Gasteiger partial charge in [0.2, 0.25) is 0 Å². The van der Waals surface area contributed by atoms with Gasteiger partial charge in [0, 0.05) is 5.25 Å². The van der Waals surface area contributed by atoms with Crippen LogP contribution in [-0.2, 0) is 0 Å². The molecule has 13 heavy (non-hydrogen) atoms. The lowest BCUT2D eigenvalue weighted by molar-refractivity contribution is 0.281. The van der Waals surface area contributed by atoms with Crippen LogP contribution < -0.4 is 0 Å². The highest BCUT2D eigenvalue weighted by molar-refractivity contribution is 8.01. The van der Waals surface area contributed by atoms with Gasteiger partial charge >= 0.3 is 0 Å². The third-order valence-corrected chi connectivity index (χ3v) is 4.87. The average molecular weight is 195 g/mol. The summed E-state index contributed by atoms with van der Waals surface area (Å²) in [5.41, 5.74) is 0. The number of hydrogen-bond donors (Lipinski definition) is 0. The normalized spacial score (nSPS) is 31.8. The molecule has 1 saturated carbocycles. The summed E-state index contributed by atoms with van der Waals surface area (Å²) >= 11 is 2.01. The molecular weight excluding hydrogens is 178 g/mol. The second kappa shape index (κ2) is 4.37. The number of hydrogen-bond acceptors (Lipinski definition) is 2. The van der Waals surface area contributed by atoms with Gasteiger partial charge in [0.15, 0.2) is 0 Å². The molecule has 0 amide bonds. The first kappa shape index (κ1) is 9.40. The summed E-state index contributed by atoms with van der Waals surface area (Å²) in [6.45, 7) is 0. The first-order chi connectivity index (χ1) is 6.42. The Bertz CT molecular complexity index is 199. The minimum Gasteiger partial charge on any atom is -0.198 e. The third-order valence-electron chi connectivity index (χ3n) is 3.44. The van der Waals surface area contributed by atoms with Crippen molar-refractivity contribution >= 4 is 11.8 Å². The Balaban J connectivity index is 1.90. The van der Waals surface area contributed by atoms with Crippen molar-refractivity contribution in [2.75, 3.05) is 5.75 Å². The summed E-state index contributed by atoms with van der Waals surface area (Å²) in [6, 6.07) is 2.55. The van der Waals surface area contributed by atoms with E-state index in [-0.39, 0.29) is 0 Å². The van der Waals surface area contributed by atoms with Crippen molar-refractivity contribution in [3.8, 4) is 6.07 Å². The van der Waals surface area contributed by atoms with Gasteiger partial charge in [0.1, 0.15) is 0 Å². The van der Waals surface area contributed by atoms with E-state index in [4.69, 9.17) is 5.26 Å². The Morgan fingerprint density at radius 3 is 2.31 bits per heavy atom. The molecule has 2 fully saturated rings. The zero-order chi connectivity index (χ0) is 9.10. The molecular formula is C11H17NS. The highest BCUT2D eigenvalue weighted by Crippen LogP contribution is 2.41. The first-order valence-electron chi connectivity index (χ1n) is 5.43. The zero-order valence-electron chi connectivity index (χ0n) is 8.04. The molecule has 2 aliphatic rings. The van der Waals surface area contributed by atoms with E-state index in [1.54, 1.807) is 0 Å². The number of nitriles is 1. The Labute approximate surface area is 84.9 Å². The quantitative estimate of drug-likeness (QED) is 0.675. The van der Waals surface area contributed by atoms with Crippen LogP contribution in [-0.4, -0.2) is 11.0 Å². The number of thioether (sulfide) groups is 1. The molecule has 1 nitrogen and oxygen atoms in total. The largest absolute Gasteiger partial charge is 0.198 e. The molecule has 72 valence electrons. The molecule has 0 radical (unpaired) electrons. The van der Waals surface area contributed by atoms with Gasteiger partial charge < -0.3 is 0 Å². The maximum Gasteiger partial charge on any atom is 0.0670 e. The first-order valence-corrected chi connectivity index (χ1v) is 6.48. The highest BCUT2D eigenvalue weighted by atomic mass is 32.2. The summed E-state index contributed by atoms with van der Waals surface area (Å²) < 4.78 is 0. The van der Waals surface area contributed by atoms with Crippen molar-refractivity contribution in [3.63, 3.8) is 0 Å². The van der Waals surface area contributed by atoms with E-state index in [0.29, 0.717) is 11.2 Å². The van der Waals surface area contributed by atoms with Crippen LogP contribution in [0, 0.1) is 23.2 Å². The SMILES string of the molecule is N#CC(C1CCCCC1)C1CCS1. The second-order valence-corrected chi connectivity index (χ2v) is 5.60. The molecule has 2 atom stereocenters. The fourth-order valence-electron chi connectivity index (χ4n) is 2.52. The standard InChI is InChI=1S/C11H17NS/c12-8-10(11-6-7-13-11)9-4-2-1-3-5-9/h9-11H,1-7H2. The summed E-state index contributed by atoms with van der Waals surface area (Å²) in [6.07, 6.45) is 8.04. The van der Waals surface area contributed by atoms with E-state index in [1.807, 2.05) is 11.8 Å². The fraction of sp³-hybridized carbons (Fsp3) is 0.909. The molecule has 1 aliphatic carbocycles. The van der Waals surface area contributed by atoms with E-state index >= 15 is 0 Å². The molecule has 2 heteroatoms. The van der Waals surface area contributed by atoms with Crippen LogP contribution >= 0.6 is 11.8 Å². The Kier molecular flexibility index (Phi) is 3.16. The van der Waals surface area contributed by atoms with Crippen LogP contribution in [0.1, 0.15) is 38.5 Å². The molecule has 0 spiro atoms. The summed E-state index contributed by atoms with van der Waals surface area (Å²) in [7, 11) is 0. The predicted octanol–water partition coefficient (Wildman–Crippen LogP) is 3.21. The van der Waals surface area contributed by atoms with Gasteiger partial charge in [-0.15, -0.1) is 0 Å². The number of nitrogens with zero attached hydrogens (tertiary/aromatic N) is 1. The van der Waals surface area contributed by atoms with E-state index in [0.717, 1.165) is 5.92 Å². The van der Waals surface area contributed by atoms with Crippen LogP contribution in [0.2, 0.25) is 0 Å². The van der Waals surface area contributed by atoms with Crippen LogP contribution in [0.4, 0.5) is 0 Å². The molecule has 0 N–H and O–H groups in total. The lowest BCUT2D eigenvalue weighted by Crippen LogP contribution is -2.31. The van der Waals surface area contributed by atoms with E-state index in [2.05, 4.69) is 6.07 Å². The maximum atomic E-state index is 9.15. The topological polar surface area (TPSA) is 23.8 Å². The van der Waals surface area contributed by atoms with E-state index < -0.39 is 0 Å². The molecule has 1 heterocycles. The summed E-state index contributed by atoms with van der Waals surface area (Å²) in [5.74, 6) is 2.39. The second-order valence-electron chi connectivity index (χ2n) is 4.25. The van der Waals surface area contributed by atoms with E-state index in [9.17, 15) is 0 Å². The Hall–Kier alpha value is -0.160. The summed E-state index contributed by atoms with van der Waals surface area (Å²) in [4.78, 5) is 0. The minimum atomic E-state index is 0.374. The van der Waals surface area contributed by atoms with Crippen molar-refractivity contribution in [2.45, 2.75) is 43.8 Å². The number of rotatable bonds is 2. The average Bonchev–Trinajstić information content (AvgIpc) is 2.12. The van der Waals surface area contributed by atoms with Crippen LogP contribution in [0.3, 0.4) is 0 Å². The smallest absolute Gasteiger partial charge is 0.0670 e. The molecule has 1 saturated heterocycles. The zero-order valence-corrected chi connectivity index (χ0v) is 8.85. The van der Waals surface area contributed by atoms with Crippen molar-refractivity contribution in [2.24, 2.45) is 11.8 Å². The minimum absolute atomic E-state index is 0.374. The van der Waals surface area contributed by atoms with Gasteiger partial charge in [-0.05, 0) is 30.9 Å². The van der Waals surface area contributed by atoms with Gasteiger partial charge in [0.05, 0.1) is 12.0 Å². The van der Waals surface area contributed by atoms with Crippen molar-refractivity contribution < 1.29 is 0 Å². The van der Waals surface area contributed by atoms with Gasteiger partial charge in [-0.2, -0.15) is 17.0 Å². The van der Waals surface area contributed by atoms with Crippen molar-refractivity contribution in [3.05, 3.63) is 0 Å².